The maximum atomic E-state index is 10.8. The van der Waals surface area contributed by atoms with Gasteiger partial charge in [0.05, 0.1) is 19.8 Å². The first kappa shape index (κ1) is 18.0. The minimum Gasteiger partial charge on any atom is -0.497 e. The molecule has 1 N–H and O–H groups in total. The van der Waals surface area contributed by atoms with Crippen LogP contribution in [0.25, 0.3) is 0 Å². The van der Waals surface area contributed by atoms with Crippen molar-refractivity contribution in [2.45, 2.75) is 33.5 Å². The molecular weight excluding hydrogens is 280 g/mol. The average molecular weight is 304 g/mol. The van der Waals surface area contributed by atoms with Crippen LogP contribution in [0.5, 0.6) is 5.75 Å². The third kappa shape index (κ3) is 5.74. The van der Waals surface area contributed by atoms with Gasteiger partial charge in [0.25, 0.3) is 0 Å². The highest BCUT2D eigenvalue weighted by atomic mass is 16.5. The van der Waals surface area contributed by atoms with Gasteiger partial charge in [0.1, 0.15) is 5.75 Å². The fourth-order valence-electron chi connectivity index (χ4n) is 2.06. The molecule has 0 saturated carbocycles. The number of benzene rings is 1. The van der Waals surface area contributed by atoms with Gasteiger partial charge in [-0.05, 0) is 31.5 Å². The van der Waals surface area contributed by atoms with Crippen LogP contribution in [0, 0.1) is 5.92 Å². The molecule has 0 heterocycles. The quantitative estimate of drug-likeness (QED) is 0.586. The second kappa shape index (κ2) is 9.05. The van der Waals surface area contributed by atoms with E-state index in [2.05, 4.69) is 0 Å². The van der Waals surface area contributed by atoms with Crippen LogP contribution in [-0.2, 0) is 16.1 Å². The van der Waals surface area contributed by atoms with Gasteiger partial charge in [-0.1, -0.05) is 36.8 Å². The molecule has 0 fully saturated rings. The molecule has 0 spiro atoms. The predicted octanol–water partition coefficient (Wildman–Crippen LogP) is 3.82. The van der Waals surface area contributed by atoms with Gasteiger partial charge in [0.15, 0.2) is 0 Å². The van der Waals surface area contributed by atoms with Crippen LogP contribution in [0.15, 0.2) is 48.1 Å². The SMILES string of the molecule is C/C=C/[C@H](OCc1ccc(OC)cc1)[C@H](C)/C(C)=C/C(=O)O. The highest BCUT2D eigenvalue weighted by Gasteiger charge is 2.17. The van der Waals surface area contributed by atoms with E-state index >= 15 is 0 Å². The molecule has 0 saturated heterocycles. The molecule has 0 bridgehead atoms. The van der Waals surface area contributed by atoms with E-state index in [9.17, 15) is 4.79 Å². The summed E-state index contributed by atoms with van der Waals surface area (Å²) in [5.74, 6) is -0.133. The fraction of sp³-hybridized carbons (Fsp3) is 0.389. The van der Waals surface area contributed by atoms with Crippen molar-refractivity contribution in [3.8, 4) is 5.75 Å². The van der Waals surface area contributed by atoms with E-state index in [1.165, 1.54) is 6.08 Å². The molecule has 0 radical (unpaired) electrons. The summed E-state index contributed by atoms with van der Waals surface area (Å²) in [5, 5.41) is 8.85. The van der Waals surface area contributed by atoms with E-state index in [4.69, 9.17) is 14.6 Å². The van der Waals surface area contributed by atoms with Crippen molar-refractivity contribution in [3.05, 3.63) is 53.6 Å². The van der Waals surface area contributed by atoms with Crippen LogP contribution in [0.2, 0.25) is 0 Å². The number of carboxylic acid groups (broad SMARTS) is 1. The Morgan fingerprint density at radius 1 is 1.32 bits per heavy atom. The minimum atomic E-state index is -0.932. The monoisotopic (exact) mass is 304 g/mol. The van der Waals surface area contributed by atoms with Gasteiger partial charge in [-0.25, -0.2) is 4.79 Å². The summed E-state index contributed by atoms with van der Waals surface area (Å²) in [6, 6.07) is 7.69. The maximum absolute atomic E-state index is 10.8. The molecule has 120 valence electrons. The Labute approximate surface area is 132 Å². The number of rotatable bonds is 8. The molecule has 0 unspecified atom stereocenters. The third-order valence-electron chi connectivity index (χ3n) is 3.55. The largest absolute Gasteiger partial charge is 0.497 e. The Morgan fingerprint density at radius 2 is 1.95 bits per heavy atom. The van der Waals surface area contributed by atoms with Gasteiger partial charge in [-0.3, -0.25) is 0 Å². The number of hydrogen-bond acceptors (Lipinski definition) is 3. The summed E-state index contributed by atoms with van der Waals surface area (Å²) in [6.45, 7) is 6.16. The van der Waals surface area contributed by atoms with E-state index < -0.39 is 5.97 Å². The summed E-state index contributed by atoms with van der Waals surface area (Å²) >= 11 is 0. The fourth-order valence-corrected chi connectivity index (χ4v) is 2.06. The number of carboxylic acids is 1. The summed E-state index contributed by atoms with van der Waals surface area (Å²) in [5.41, 5.74) is 1.83. The standard InChI is InChI=1S/C18H24O4/c1-5-6-17(14(3)13(2)11-18(19)20)22-12-15-7-9-16(21-4)10-8-15/h5-11,14,17H,12H2,1-4H3,(H,19,20)/b6-5+,13-11+/t14-,17+/m1/s1. The van der Waals surface area contributed by atoms with Crippen molar-refractivity contribution in [1.82, 2.24) is 0 Å². The van der Waals surface area contributed by atoms with E-state index in [1.807, 2.05) is 57.2 Å². The van der Waals surface area contributed by atoms with Crippen molar-refractivity contribution >= 4 is 5.97 Å². The van der Waals surface area contributed by atoms with Crippen LogP contribution in [0.3, 0.4) is 0 Å². The number of carbonyl (C=O) groups is 1. The molecule has 4 nitrogen and oxygen atoms in total. The highest BCUT2D eigenvalue weighted by molar-refractivity contribution is 5.80. The van der Waals surface area contributed by atoms with E-state index in [1.54, 1.807) is 7.11 Å². The van der Waals surface area contributed by atoms with E-state index in [0.717, 1.165) is 16.9 Å². The Bertz CT molecular complexity index is 529. The van der Waals surface area contributed by atoms with Crippen molar-refractivity contribution in [3.63, 3.8) is 0 Å². The second-order valence-electron chi connectivity index (χ2n) is 5.16. The van der Waals surface area contributed by atoms with Gasteiger partial charge in [-0.15, -0.1) is 0 Å². The Hall–Kier alpha value is -2.07. The topological polar surface area (TPSA) is 55.8 Å². The highest BCUT2D eigenvalue weighted by Crippen LogP contribution is 2.20. The third-order valence-corrected chi connectivity index (χ3v) is 3.55. The van der Waals surface area contributed by atoms with Crippen LogP contribution in [0.1, 0.15) is 26.3 Å². The lowest BCUT2D eigenvalue weighted by molar-refractivity contribution is -0.131. The number of ether oxygens (including phenoxy) is 2. The molecule has 2 atom stereocenters. The Kier molecular flexibility index (Phi) is 7.40. The smallest absolute Gasteiger partial charge is 0.328 e. The summed E-state index contributed by atoms with van der Waals surface area (Å²) in [6.07, 6.45) is 4.94. The van der Waals surface area contributed by atoms with Gasteiger partial charge < -0.3 is 14.6 Å². The summed E-state index contributed by atoms with van der Waals surface area (Å²) in [7, 11) is 1.63. The molecule has 1 rings (SSSR count). The maximum Gasteiger partial charge on any atom is 0.328 e. The first-order valence-corrected chi connectivity index (χ1v) is 7.26. The van der Waals surface area contributed by atoms with Crippen LogP contribution < -0.4 is 4.74 Å². The van der Waals surface area contributed by atoms with Gasteiger partial charge >= 0.3 is 5.97 Å². The normalized spacial score (nSPS) is 14.8. The Balaban J connectivity index is 2.73. The minimum absolute atomic E-state index is 0.00875. The molecule has 0 aliphatic heterocycles. The number of aliphatic carboxylic acids is 1. The summed E-state index contributed by atoms with van der Waals surface area (Å²) < 4.78 is 11.1. The van der Waals surface area contributed by atoms with Crippen LogP contribution in [0.4, 0.5) is 0 Å². The molecule has 0 aliphatic carbocycles. The molecule has 1 aromatic rings. The van der Waals surface area contributed by atoms with Crippen molar-refractivity contribution in [2.75, 3.05) is 7.11 Å². The summed E-state index contributed by atoms with van der Waals surface area (Å²) in [4.78, 5) is 10.8. The van der Waals surface area contributed by atoms with Gasteiger partial charge in [0, 0.05) is 12.0 Å². The molecule has 0 aromatic heterocycles. The zero-order chi connectivity index (χ0) is 16.5. The average Bonchev–Trinajstić information content (AvgIpc) is 2.50. The zero-order valence-electron chi connectivity index (χ0n) is 13.6. The number of allylic oxidation sites excluding steroid dienone is 1. The Morgan fingerprint density at radius 3 is 2.45 bits per heavy atom. The first-order valence-electron chi connectivity index (χ1n) is 7.26. The van der Waals surface area contributed by atoms with E-state index in [-0.39, 0.29) is 12.0 Å². The molecule has 0 amide bonds. The number of hydrogen-bond donors (Lipinski definition) is 1. The van der Waals surface area contributed by atoms with Crippen molar-refractivity contribution in [1.29, 1.82) is 0 Å². The van der Waals surface area contributed by atoms with Crippen LogP contribution in [-0.4, -0.2) is 24.3 Å². The lowest BCUT2D eigenvalue weighted by Crippen LogP contribution is -2.21. The molecule has 4 heteroatoms. The number of methoxy groups -OCH3 is 1. The zero-order valence-corrected chi connectivity index (χ0v) is 13.6. The van der Waals surface area contributed by atoms with Gasteiger partial charge in [-0.2, -0.15) is 0 Å². The lowest BCUT2D eigenvalue weighted by atomic mass is 9.95. The van der Waals surface area contributed by atoms with Crippen LogP contribution >= 0.6 is 0 Å². The van der Waals surface area contributed by atoms with Crippen molar-refractivity contribution in [2.24, 2.45) is 5.92 Å². The molecule has 0 aliphatic rings. The second-order valence-corrected chi connectivity index (χ2v) is 5.16. The van der Waals surface area contributed by atoms with Crippen molar-refractivity contribution < 1.29 is 19.4 Å². The van der Waals surface area contributed by atoms with E-state index in [0.29, 0.717) is 6.61 Å². The molecule has 1 aromatic carbocycles. The predicted molar refractivity (Wildman–Crippen MR) is 86.9 cm³/mol. The molecule has 22 heavy (non-hydrogen) atoms. The first-order chi connectivity index (χ1) is 10.5. The van der Waals surface area contributed by atoms with Gasteiger partial charge in [0.2, 0.25) is 0 Å². The lowest BCUT2D eigenvalue weighted by Gasteiger charge is -2.22. The molecular formula is C18H24O4.